The van der Waals surface area contributed by atoms with Crippen molar-refractivity contribution in [2.75, 3.05) is 11.4 Å². The average Bonchev–Trinajstić information content (AvgIpc) is 2.96. The molecule has 0 saturated heterocycles. The van der Waals surface area contributed by atoms with Crippen LogP contribution in [0, 0.1) is 23.2 Å². The Kier molecular flexibility index (Phi) is 7.11. The molecule has 1 N–H and O–H groups in total. The Morgan fingerprint density at radius 3 is 2.15 bits per heavy atom. The lowest BCUT2D eigenvalue weighted by Crippen LogP contribution is -2.55. The van der Waals surface area contributed by atoms with E-state index in [1.807, 2.05) is 30.3 Å². The van der Waals surface area contributed by atoms with Gasteiger partial charge in [-0.25, -0.2) is 8.42 Å². The Labute approximate surface area is 237 Å². The Morgan fingerprint density at radius 1 is 0.925 bits per heavy atom. The third-order valence-corrected chi connectivity index (χ3v) is 11.3. The number of ether oxygens (including phenoxy) is 1. The highest BCUT2D eigenvalue weighted by Gasteiger charge is 2.53. The van der Waals surface area contributed by atoms with Crippen LogP contribution in [-0.2, 0) is 16.6 Å². The van der Waals surface area contributed by atoms with E-state index in [2.05, 4.69) is 12.2 Å². The van der Waals surface area contributed by atoms with Crippen LogP contribution in [0.1, 0.15) is 61.4 Å². The molecule has 4 aliphatic carbocycles. The predicted octanol–water partition coefficient (Wildman–Crippen LogP) is 6.43. The van der Waals surface area contributed by atoms with Crippen LogP contribution in [0.4, 0.5) is 5.69 Å². The number of methoxy groups -OCH3 is 1. The highest BCUT2D eigenvalue weighted by molar-refractivity contribution is 7.92. The van der Waals surface area contributed by atoms with Crippen molar-refractivity contribution in [1.29, 1.82) is 0 Å². The average molecular weight is 559 g/mol. The molecular formula is C33H38N2O4S. The van der Waals surface area contributed by atoms with Gasteiger partial charge in [-0.1, -0.05) is 36.4 Å². The van der Waals surface area contributed by atoms with Gasteiger partial charge < -0.3 is 10.1 Å². The van der Waals surface area contributed by atoms with E-state index in [-0.39, 0.29) is 28.8 Å². The van der Waals surface area contributed by atoms with Gasteiger partial charge in [-0.3, -0.25) is 9.10 Å². The number of amides is 1. The minimum Gasteiger partial charge on any atom is -0.497 e. The number of benzene rings is 3. The fraction of sp³-hybridized carbons (Fsp3) is 0.424. The first kappa shape index (κ1) is 26.9. The second-order valence-electron chi connectivity index (χ2n) is 12.2. The van der Waals surface area contributed by atoms with E-state index in [0.29, 0.717) is 17.0 Å². The van der Waals surface area contributed by atoms with Gasteiger partial charge in [0.2, 0.25) is 0 Å². The maximum atomic E-state index is 14.1. The van der Waals surface area contributed by atoms with Crippen molar-refractivity contribution in [2.24, 2.45) is 23.2 Å². The first-order valence-corrected chi connectivity index (χ1v) is 15.8. The summed E-state index contributed by atoms with van der Waals surface area (Å²) in [6, 6.07) is 23.0. The zero-order valence-electron chi connectivity index (χ0n) is 23.3. The Balaban J connectivity index is 1.26. The van der Waals surface area contributed by atoms with Gasteiger partial charge in [-0.05, 0) is 117 Å². The molecule has 210 valence electrons. The minimum atomic E-state index is -3.98. The van der Waals surface area contributed by atoms with Crippen LogP contribution in [0.3, 0.4) is 0 Å². The molecule has 0 unspecified atom stereocenters. The van der Waals surface area contributed by atoms with E-state index in [9.17, 15) is 13.2 Å². The van der Waals surface area contributed by atoms with Gasteiger partial charge in [0, 0.05) is 11.6 Å². The number of carbonyl (C=O) groups is 1. The third-order valence-electron chi connectivity index (χ3n) is 9.57. The summed E-state index contributed by atoms with van der Waals surface area (Å²) >= 11 is 0. The molecule has 4 aliphatic rings. The van der Waals surface area contributed by atoms with Gasteiger partial charge in [-0.15, -0.1) is 0 Å². The van der Waals surface area contributed by atoms with Gasteiger partial charge in [0.15, 0.2) is 0 Å². The van der Waals surface area contributed by atoms with Crippen LogP contribution >= 0.6 is 0 Å². The van der Waals surface area contributed by atoms with Crippen molar-refractivity contribution in [3.63, 3.8) is 0 Å². The maximum Gasteiger partial charge on any atom is 0.264 e. The zero-order valence-corrected chi connectivity index (χ0v) is 24.1. The van der Waals surface area contributed by atoms with E-state index >= 15 is 0 Å². The van der Waals surface area contributed by atoms with E-state index in [4.69, 9.17) is 4.74 Å². The molecule has 7 heteroatoms. The fourth-order valence-corrected chi connectivity index (χ4v) is 9.38. The number of nitrogens with one attached hydrogen (secondary N) is 1. The summed E-state index contributed by atoms with van der Waals surface area (Å²) in [5.74, 6) is 2.83. The monoisotopic (exact) mass is 558 g/mol. The molecule has 6 nitrogen and oxygen atoms in total. The first-order chi connectivity index (χ1) is 19.3. The van der Waals surface area contributed by atoms with Gasteiger partial charge in [0.25, 0.3) is 15.9 Å². The van der Waals surface area contributed by atoms with E-state index in [1.165, 1.54) is 48.9 Å². The van der Waals surface area contributed by atoms with Gasteiger partial charge >= 0.3 is 0 Å². The molecule has 0 aromatic heterocycles. The zero-order chi connectivity index (χ0) is 27.9. The standard InChI is InChI=1S/C33H38N2O4S/c1-23(33-19-25-15-26(20-33)17-27(16-25)21-33)34-32(36)28-9-6-10-31(18-28)40(37,38)35(22-24-7-4-3-5-8-24)29-11-13-30(39-2)14-12-29/h3-14,18,23,25-27H,15-17,19-22H2,1-2H3,(H,34,36)/t23-,25?,26?,27?,33?/m0/s1. The van der Waals surface area contributed by atoms with Crippen molar-refractivity contribution < 1.29 is 17.9 Å². The molecule has 1 atom stereocenters. The second kappa shape index (κ2) is 10.6. The lowest BCUT2D eigenvalue weighted by Gasteiger charge is -2.59. The summed E-state index contributed by atoms with van der Waals surface area (Å²) in [5.41, 5.74) is 1.93. The number of anilines is 1. The smallest absolute Gasteiger partial charge is 0.264 e. The highest BCUT2D eigenvalue weighted by Crippen LogP contribution is 2.61. The molecule has 0 spiro atoms. The molecule has 0 radical (unpaired) electrons. The topological polar surface area (TPSA) is 75.7 Å². The Hall–Kier alpha value is -3.32. The van der Waals surface area contributed by atoms with Crippen LogP contribution in [0.25, 0.3) is 0 Å². The molecule has 40 heavy (non-hydrogen) atoms. The number of carbonyl (C=O) groups excluding carboxylic acids is 1. The third kappa shape index (κ3) is 5.12. The number of hydrogen-bond donors (Lipinski definition) is 1. The normalized spacial score (nSPS) is 25.8. The lowest BCUT2D eigenvalue weighted by molar-refractivity contribution is -0.0688. The highest BCUT2D eigenvalue weighted by atomic mass is 32.2. The predicted molar refractivity (Wildman–Crippen MR) is 157 cm³/mol. The van der Waals surface area contributed by atoms with Crippen molar-refractivity contribution in [3.05, 3.63) is 90.0 Å². The molecule has 7 rings (SSSR count). The van der Waals surface area contributed by atoms with Crippen LogP contribution in [-0.4, -0.2) is 27.5 Å². The summed E-state index contributed by atoms with van der Waals surface area (Å²) in [5, 5.41) is 3.28. The molecule has 3 aromatic rings. The quantitative estimate of drug-likeness (QED) is 0.329. The molecule has 4 saturated carbocycles. The number of nitrogens with zero attached hydrogens (tertiary/aromatic N) is 1. The molecular weight excluding hydrogens is 520 g/mol. The van der Waals surface area contributed by atoms with E-state index < -0.39 is 10.0 Å². The molecule has 0 heterocycles. The number of hydrogen-bond acceptors (Lipinski definition) is 4. The second-order valence-corrected chi connectivity index (χ2v) is 14.1. The van der Waals surface area contributed by atoms with Crippen LogP contribution in [0.2, 0.25) is 0 Å². The van der Waals surface area contributed by atoms with Crippen molar-refractivity contribution in [3.8, 4) is 5.75 Å². The SMILES string of the molecule is COc1ccc(N(Cc2ccccc2)S(=O)(=O)c2cccc(C(=O)N[C@@H](C)C34CC5CC(CC(C5)C3)C4)c2)cc1. The Bertz CT molecular complexity index is 1430. The Morgan fingerprint density at radius 2 is 1.55 bits per heavy atom. The van der Waals surface area contributed by atoms with Crippen molar-refractivity contribution >= 4 is 21.6 Å². The van der Waals surface area contributed by atoms with E-state index in [0.717, 1.165) is 23.3 Å². The van der Waals surface area contributed by atoms with Crippen molar-refractivity contribution in [1.82, 2.24) is 5.32 Å². The lowest BCUT2D eigenvalue weighted by atomic mass is 9.48. The summed E-state index contributed by atoms with van der Waals surface area (Å²) < 4.78 is 34.8. The minimum absolute atomic E-state index is 0.0579. The first-order valence-electron chi connectivity index (χ1n) is 14.4. The summed E-state index contributed by atoms with van der Waals surface area (Å²) in [6.45, 7) is 2.31. The van der Waals surface area contributed by atoms with Crippen LogP contribution in [0.15, 0.2) is 83.8 Å². The number of sulfonamides is 1. The van der Waals surface area contributed by atoms with Crippen LogP contribution < -0.4 is 14.4 Å². The fourth-order valence-electron chi connectivity index (χ4n) is 7.88. The molecule has 4 bridgehead atoms. The van der Waals surface area contributed by atoms with E-state index in [1.54, 1.807) is 49.6 Å². The maximum absolute atomic E-state index is 14.1. The van der Waals surface area contributed by atoms with Gasteiger partial charge in [0.05, 0.1) is 24.2 Å². The van der Waals surface area contributed by atoms with Crippen LogP contribution in [0.5, 0.6) is 5.75 Å². The molecule has 3 aromatic carbocycles. The summed E-state index contributed by atoms with van der Waals surface area (Å²) in [7, 11) is -2.40. The van der Waals surface area contributed by atoms with Gasteiger partial charge in [-0.2, -0.15) is 0 Å². The molecule has 0 aliphatic heterocycles. The summed E-state index contributed by atoms with van der Waals surface area (Å²) in [6.07, 6.45) is 7.66. The van der Waals surface area contributed by atoms with Crippen molar-refractivity contribution in [2.45, 2.75) is 62.9 Å². The van der Waals surface area contributed by atoms with Gasteiger partial charge in [0.1, 0.15) is 5.75 Å². The largest absolute Gasteiger partial charge is 0.497 e. The molecule has 1 amide bonds. The number of rotatable bonds is 9. The summed E-state index contributed by atoms with van der Waals surface area (Å²) in [4.78, 5) is 13.6. The molecule has 4 fully saturated rings.